The predicted molar refractivity (Wildman–Crippen MR) is 158 cm³/mol. The zero-order chi connectivity index (χ0) is 29.1. The summed E-state index contributed by atoms with van der Waals surface area (Å²) in [7, 11) is 0. The first-order valence-electron chi connectivity index (χ1n) is 13.0. The van der Waals surface area contributed by atoms with Crippen LogP contribution in [0.3, 0.4) is 0 Å². The highest BCUT2D eigenvalue weighted by molar-refractivity contribution is 7.14. The lowest BCUT2D eigenvalue weighted by atomic mass is 10.1. The number of nitrogens with zero attached hydrogens (tertiary/aromatic N) is 4. The van der Waals surface area contributed by atoms with Crippen molar-refractivity contribution in [2.45, 2.75) is 52.7 Å². The number of hydrogen-bond acceptors (Lipinski definition) is 9. The second kappa shape index (κ2) is 11.8. The highest BCUT2D eigenvalue weighted by Crippen LogP contribution is 2.29. The maximum Gasteiger partial charge on any atom is 0.427 e. The molecule has 3 heterocycles. The molecular formula is C28H35N5O5S2. The van der Waals surface area contributed by atoms with E-state index in [1.807, 2.05) is 61.4 Å². The zero-order valence-electron chi connectivity index (χ0n) is 23.6. The summed E-state index contributed by atoms with van der Waals surface area (Å²) in [5.41, 5.74) is 2.88. The number of nitrogens with one attached hydrogen (secondary N) is 1. The van der Waals surface area contributed by atoms with Crippen LogP contribution in [-0.4, -0.2) is 65.4 Å². The molecule has 214 valence electrons. The fourth-order valence-corrected chi connectivity index (χ4v) is 5.47. The molecule has 0 radical (unpaired) electrons. The van der Waals surface area contributed by atoms with E-state index in [0.717, 1.165) is 10.4 Å². The molecule has 40 heavy (non-hydrogen) atoms. The number of thiazole rings is 1. The molecule has 0 atom stereocenters. The van der Waals surface area contributed by atoms with Crippen LogP contribution in [0.5, 0.6) is 0 Å². The number of aromatic nitrogens is 1. The summed E-state index contributed by atoms with van der Waals surface area (Å²) in [4.78, 5) is 48.2. The minimum absolute atomic E-state index is 0.187. The smallest absolute Gasteiger partial charge is 0.427 e. The zero-order valence-corrected chi connectivity index (χ0v) is 25.2. The SMILES string of the molecule is CC(C)(C)OC(=O)NN(C(=O)c1csc(N2CCN(C(=O)OC(C)(C)C)CC2)n1)c1cccc(-c2cccs2)c1. The Labute approximate surface area is 242 Å². The van der Waals surface area contributed by atoms with Crippen molar-refractivity contribution < 1.29 is 23.9 Å². The molecule has 0 unspecified atom stereocenters. The third-order valence-electron chi connectivity index (χ3n) is 5.63. The fraction of sp³-hybridized carbons (Fsp3) is 0.429. The van der Waals surface area contributed by atoms with Gasteiger partial charge in [0.05, 0.1) is 5.69 Å². The molecule has 1 saturated heterocycles. The molecule has 1 N–H and O–H groups in total. The number of piperazine rings is 1. The molecule has 3 aromatic rings. The van der Waals surface area contributed by atoms with Gasteiger partial charge < -0.3 is 19.3 Å². The van der Waals surface area contributed by atoms with Gasteiger partial charge in [-0.25, -0.2) is 25.0 Å². The van der Waals surface area contributed by atoms with Gasteiger partial charge in [-0.3, -0.25) is 4.79 Å². The maximum absolute atomic E-state index is 13.7. The number of anilines is 2. The Bertz CT molecular complexity index is 1340. The highest BCUT2D eigenvalue weighted by atomic mass is 32.1. The van der Waals surface area contributed by atoms with Crippen LogP contribution in [0.4, 0.5) is 20.4 Å². The van der Waals surface area contributed by atoms with Gasteiger partial charge in [0.25, 0.3) is 5.91 Å². The molecule has 10 nitrogen and oxygen atoms in total. The summed E-state index contributed by atoms with van der Waals surface area (Å²) in [5.74, 6) is -0.496. The molecule has 2 aromatic heterocycles. The van der Waals surface area contributed by atoms with Gasteiger partial charge >= 0.3 is 12.2 Å². The van der Waals surface area contributed by atoms with Gasteiger partial charge in [0.15, 0.2) is 5.13 Å². The minimum atomic E-state index is -0.754. The first-order chi connectivity index (χ1) is 18.8. The van der Waals surface area contributed by atoms with E-state index < -0.39 is 23.2 Å². The van der Waals surface area contributed by atoms with Crippen molar-refractivity contribution in [1.82, 2.24) is 15.3 Å². The lowest BCUT2D eigenvalue weighted by molar-refractivity contribution is 0.0240. The van der Waals surface area contributed by atoms with Crippen LogP contribution in [0, 0.1) is 0 Å². The van der Waals surface area contributed by atoms with Gasteiger partial charge in [0.1, 0.15) is 16.9 Å². The highest BCUT2D eigenvalue weighted by Gasteiger charge is 2.29. The number of thiophene rings is 1. The van der Waals surface area contributed by atoms with E-state index >= 15 is 0 Å². The molecule has 12 heteroatoms. The average molecular weight is 586 g/mol. The van der Waals surface area contributed by atoms with E-state index in [9.17, 15) is 14.4 Å². The Hall–Kier alpha value is -3.64. The van der Waals surface area contributed by atoms with Crippen LogP contribution in [0.2, 0.25) is 0 Å². The second-order valence-corrected chi connectivity index (χ2v) is 13.0. The normalized spacial score (nSPS) is 14.1. The molecule has 1 aliphatic rings. The lowest BCUT2D eigenvalue weighted by Gasteiger charge is -2.35. The largest absolute Gasteiger partial charge is 0.444 e. The number of hydrogen-bond donors (Lipinski definition) is 1. The summed E-state index contributed by atoms with van der Waals surface area (Å²) in [6.07, 6.45) is -1.09. The van der Waals surface area contributed by atoms with E-state index in [0.29, 0.717) is 37.0 Å². The van der Waals surface area contributed by atoms with Gasteiger partial charge in [0, 0.05) is 36.4 Å². The first kappa shape index (κ1) is 29.3. The third-order valence-corrected chi connectivity index (χ3v) is 7.45. The van der Waals surface area contributed by atoms with Gasteiger partial charge in [-0.1, -0.05) is 18.2 Å². The van der Waals surface area contributed by atoms with E-state index in [4.69, 9.17) is 9.47 Å². The summed E-state index contributed by atoms with van der Waals surface area (Å²) >= 11 is 2.92. The number of rotatable bonds is 4. The van der Waals surface area contributed by atoms with Crippen LogP contribution < -0.4 is 15.3 Å². The Morgan fingerprint density at radius 1 is 0.925 bits per heavy atom. The van der Waals surface area contributed by atoms with E-state index in [1.54, 1.807) is 48.5 Å². The molecule has 0 bridgehead atoms. The lowest BCUT2D eigenvalue weighted by Crippen LogP contribution is -2.50. The summed E-state index contributed by atoms with van der Waals surface area (Å²) < 4.78 is 10.9. The molecule has 0 spiro atoms. The molecular weight excluding hydrogens is 550 g/mol. The van der Waals surface area contributed by atoms with Crippen molar-refractivity contribution >= 4 is 51.6 Å². The Morgan fingerprint density at radius 3 is 2.25 bits per heavy atom. The molecule has 1 aliphatic heterocycles. The molecule has 1 aromatic carbocycles. The van der Waals surface area contributed by atoms with E-state index in [1.165, 1.54) is 16.3 Å². The van der Waals surface area contributed by atoms with Crippen molar-refractivity contribution in [3.8, 4) is 10.4 Å². The minimum Gasteiger partial charge on any atom is -0.444 e. The Balaban J connectivity index is 1.51. The fourth-order valence-electron chi connectivity index (χ4n) is 3.89. The van der Waals surface area contributed by atoms with Crippen LogP contribution in [-0.2, 0) is 9.47 Å². The maximum atomic E-state index is 13.7. The van der Waals surface area contributed by atoms with Gasteiger partial charge in [-0.15, -0.1) is 22.7 Å². The number of carbonyl (C=O) groups excluding carboxylic acids is 3. The van der Waals surface area contributed by atoms with Crippen LogP contribution in [0.1, 0.15) is 52.0 Å². The van der Waals surface area contributed by atoms with Crippen molar-refractivity contribution in [1.29, 1.82) is 0 Å². The Kier molecular flexibility index (Phi) is 8.69. The molecule has 1 fully saturated rings. The van der Waals surface area contributed by atoms with E-state index in [-0.39, 0.29) is 11.8 Å². The first-order valence-corrected chi connectivity index (χ1v) is 14.7. The number of benzene rings is 1. The Morgan fingerprint density at radius 2 is 1.62 bits per heavy atom. The van der Waals surface area contributed by atoms with Gasteiger partial charge in [-0.2, -0.15) is 0 Å². The number of carbonyl (C=O) groups is 3. The topological polar surface area (TPSA) is 104 Å². The average Bonchev–Trinajstić information content (AvgIpc) is 3.58. The monoisotopic (exact) mass is 585 g/mol. The molecule has 0 saturated carbocycles. The second-order valence-electron chi connectivity index (χ2n) is 11.3. The van der Waals surface area contributed by atoms with E-state index in [2.05, 4.69) is 10.4 Å². The van der Waals surface area contributed by atoms with Crippen molar-refractivity contribution in [3.05, 3.63) is 52.9 Å². The standard InChI is InChI=1S/C28H35N5O5S2/c1-27(2,3)37-25(35)30-33(20-10-7-9-19(17-20)22-11-8-16-39-22)23(34)21-18-40-24(29-21)31-12-14-32(15-13-31)26(36)38-28(4,5)6/h7-11,16-18H,12-15H2,1-6H3,(H,30,35). The summed E-state index contributed by atoms with van der Waals surface area (Å²) in [6.45, 7) is 12.9. The molecule has 0 aliphatic carbocycles. The van der Waals surface area contributed by atoms with Crippen LogP contribution >= 0.6 is 22.7 Å². The van der Waals surface area contributed by atoms with Gasteiger partial charge in [0.2, 0.25) is 0 Å². The number of hydrazine groups is 1. The summed E-state index contributed by atoms with van der Waals surface area (Å²) in [6, 6.07) is 11.3. The number of amides is 3. The third kappa shape index (κ3) is 7.72. The van der Waals surface area contributed by atoms with Crippen LogP contribution in [0.25, 0.3) is 10.4 Å². The molecule has 3 amide bonds. The van der Waals surface area contributed by atoms with Crippen molar-refractivity contribution in [2.75, 3.05) is 36.1 Å². The quantitative estimate of drug-likeness (QED) is 0.374. The number of ether oxygens (including phenoxy) is 2. The summed E-state index contributed by atoms with van der Waals surface area (Å²) in [5, 5.41) is 5.49. The molecule has 4 rings (SSSR count). The van der Waals surface area contributed by atoms with Gasteiger partial charge in [-0.05, 0) is 70.7 Å². The van der Waals surface area contributed by atoms with Crippen molar-refractivity contribution in [2.24, 2.45) is 0 Å². The van der Waals surface area contributed by atoms with Crippen LogP contribution in [0.15, 0.2) is 47.2 Å². The predicted octanol–water partition coefficient (Wildman–Crippen LogP) is 6.02. The van der Waals surface area contributed by atoms with Crippen molar-refractivity contribution in [3.63, 3.8) is 0 Å².